The van der Waals surface area contributed by atoms with E-state index in [0.717, 1.165) is 13.8 Å². The van der Waals surface area contributed by atoms with Crippen molar-refractivity contribution in [1.29, 1.82) is 0 Å². The molecule has 2 aliphatic heterocycles. The van der Waals surface area contributed by atoms with E-state index in [0.29, 0.717) is 0 Å². The Balaban J connectivity index is 2.58. The van der Waals surface area contributed by atoms with Crippen molar-refractivity contribution in [1.82, 2.24) is 10.6 Å². The first kappa shape index (κ1) is 38.5. The van der Waals surface area contributed by atoms with E-state index in [2.05, 4.69) is 14.8 Å². The molecule has 14 atom stereocenters. The van der Waals surface area contributed by atoms with Gasteiger partial charge in [-0.2, -0.15) is 8.42 Å². The Morgan fingerprint density at radius 2 is 1.48 bits per heavy atom. The van der Waals surface area contributed by atoms with Crippen LogP contribution in [0.25, 0.3) is 0 Å². The molecule has 12 N–H and O–H groups in total. The smallest absolute Gasteiger partial charge is 0.394 e. The van der Waals surface area contributed by atoms with Gasteiger partial charge in [0, 0.05) is 13.8 Å². The maximum Gasteiger partial charge on any atom is 0.397 e. The zero-order chi connectivity index (χ0) is 33.5. The number of amides is 2. The number of hydrogen-bond acceptors (Lipinski definition) is 18. The topological polar surface area (TPSA) is 341 Å². The summed E-state index contributed by atoms with van der Waals surface area (Å²) in [5.74, 6) is -1.58. The highest BCUT2D eigenvalue weighted by molar-refractivity contribution is 7.80. The number of aliphatic hydroxyl groups excluding tert-OH is 9. The third-order valence-electron chi connectivity index (χ3n) is 6.76. The third-order valence-corrected chi connectivity index (χ3v) is 7.19. The summed E-state index contributed by atoms with van der Waals surface area (Å²) in [5.41, 5.74) is 0. The molecule has 2 amide bonds. The van der Waals surface area contributed by atoms with Crippen LogP contribution in [0.5, 0.6) is 0 Å². The summed E-state index contributed by atoms with van der Waals surface area (Å²) >= 11 is 0. The highest BCUT2D eigenvalue weighted by atomic mass is 32.3. The molecule has 0 bridgehead atoms. The molecule has 2 heterocycles. The molecule has 44 heavy (non-hydrogen) atoms. The van der Waals surface area contributed by atoms with Gasteiger partial charge in [0.2, 0.25) is 11.8 Å². The van der Waals surface area contributed by atoms with Crippen LogP contribution in [0.15, 0.2) is 0 Å². The van der Waals surface area contributed by atoms with Crippen LogP contribution in [0, 0.1) is 0 Å². The molecule has 0 aliphatic carbocycles. The molecule has 22 heteroatoms. The predicted octanol–water partition coefficient (Wildman–Crippen LogP) is -7.82. The SMILES string of the molecule is CC(=O)N[C@H]1[C@H](O[C@@H]([C@@H](O)[C@H](O)CO)[C@H](CO)NC(C)=O)O[C@H](COS(=O)(=O)O)[C@@H](O)[C@@H]1O[C@@H]1O[C@H](CO)[C@H](O)[C@H](O)[C@H]1O. The third kappa shape index (κ3) is 10.1. The molecule has 0 aromatic heterocycles. The predicted molar refractivity (Wildman–Crippen MR) is 137 cm³/mol. The Bertz CT molecular complexity index is 1030. The minimum atomic E-state index is -5.13. The fourth-order valence-corrected chi connectivity index (χ4v) is 4.90. The summed E-state index contributed by atoms with van der Waals surface area (Å²) in [4.78, 5) is 24.0. The molecular formula is C22H40N2O19S. The molecule has 2 fully saturated rings. The maximum absolute atomic E-state index is 12.2. The van der Waals surface area contributed by atoms with Crippen LogP contribution in [0.2, 0.25) is 0 Å². The molecule has 21 nitrogen and oxygen atoms in total. The molecule has 0 aromatic rings. The normalized spacial score (nSPS) is 35.7. The van der Waals surface area contributed by atoms with E-state index in [9.17, 15) is 64.0 Å². The lowest BCUT2D eigenvalue weighted by Crippen LogP contribution is -2.69. The Morgan fingerprint density at radius 1 is 0.864 bits per heavy atom. The van der Waals surface area contributed by atoms with Crippen LogP contribution in [0.3, 0.4) is 0 Å². The summed E-state index contributed by atoms with van der Waals surface area (Å²) in [6.45, 7) is -1.94. The van der Waals surface area contributed by atoms with E-state index < -0.39 is 134 Å². The summed E-state index contributed by atoms with van der Waals surface area (Å²) in [6.07, 6.45) is -22.8. The van der Waals surface area contributed by atoms with Crippen LogP contribution in [0.1, 0.15) is 13.8 Å². The van der Waals surface area contributed by atoms with Crippen molar-refractivity contribution in [3.8, 4) is 0 Å². The summed E-state index contributed by atoms with van der Waals surface area (Å²) in [7, 11) is -5.13. The van der Waals surface area contributed by atoms with E-state index in [1.807, 2.05) is 0 Å². The fourth-order valence-electron chi connectivity index (χ4n) is 4.60. The van der Waals surface area contributed by atoms with Crippen molar-refractivity contribution < 1.29 is 91.6 Å². The van der Waals surface area contributed by atoms with Crippen molar-refractivity contribution in [2.75, 3.05) is 26.4 Å². The first-order valence-electron chi connectivity index (χ1n) is 13.1. The van der Waals surface area contributed by atoms with E-state index in [-0.39, 0.29) is 0 Å². The number of ether oxygens (including phenoxy) is 4. The second-order valence-corrected chi connectivity index (χ2v) is 11.2. The van der Waals surface area contributed by atoms with Crippen LogP contribution >= 0.6 is 0 Å². The quantitative estimate of drug-likeness (QED) is 0.0721. The number of hydrogen-bond donors (Lipinski definition) is 12. The lowest BCUT2D eigenvalue weighted by atomic mass is 9.94. The van der Waals surface area contributed by atoms with Crippen molar-refractivity contribution in [3.05, 3.63) is 0 Å². The van der Waals surface area contributed by atoms with Gasteiger partial charge in [0.25, 0.3) is 0 Å². The van der Waals surface area contributed by atoms with Crippen molar-refractivity contribution in [3.63, 3.8) is 0 Å². The molecule has 0 unspecified atom stereocenters. The second kappa shape index (κ2) is 16.7. The largest absolute Gasteiger partial charge is 0.397 e. The van der Waals surface area contributed by atoms with Crippen molar-refractivity contribution in [2.24, 2.45) is 0 Å². The zero-order valence-corrected chi connectivity index (χ0v) is 24.3. The summed E-state index contributed by atoms with van der Waals surface area (Å²) in [6, 6.07) is -3.23. The monoisotopic (exact) mass is 668 g/mol. The van der Waals surface area contributed by atoms with Gasteiger partial charge < -0.3 is 75.5 Å². The molecule has 258 valence electrons. The van der Waals surface area contributed by atoms with Gasteiger partial charge in [0.1, 0.15) is 67.1 Å². The molecule has 0 saturated carbocycles. The van der Waals surface area contributed by atoms with Crippen molar-refractivity contribution in [2.45, 2.75) is 99.6 Å². The van der Waals surface area contributed by atoms with Gasteiger partial charge in [0.05, 0.1) is 32.5 Å². The van der Waals surface area contributed by atoms with Gasteiger partial charge in [-0.1, -0.05) is 0 Å². The first-order chi connectivity index (χ1) is 20.4. The molecular weight excluding hydrogens is 628 g/mol. The Kier molecular flexibility index (Phi) is 14.6. The standard InChI is InChI=1S/C22H40N2O19S/c1-7(28)23-9(3-25)19(14(31)10(30)4-26)42-21-13(24-8(2)29)20(16(33)12(41-21)6-39-44(36,37)38)43-22-18(35)17(34)15(32)11(5-27)40-22/h9-22,25-27,30-35H,3-6H2,1-2H3,(H,23,28)(H,24,29)(H,36,37,38)/t9-,10+,11+,12+,13+,14-,15-,16+,17-,18+,19+,20+,21-,22-/m0/s1. The Hall–Kier alpha value is -1.71. The number of nitrogens with one attached hydrogen (secondary N) is 2. The van der Waals surface area contributed by atoms with Gasteiger partial charge in [-0.3, -0.25) is 14.1 Å². The summed E-state index contributed by atoms with van der Waals surface area (Å²) < 4.78 is 58.1. The first-order valence-corrected chi connectivity index (χ1v) is 14.5. The number of carbonyl (C=O) groups excluding carboxylic acids is 2. The zero-order valence-electron chi connectivity index (χ0n) is 23.5. The van der Waals surface area contributed by atoms with Gasteiger partial charge >= 0.3 is 10.4 Å². The second-order valence-electron chi connectivity index (χ2n) is 10.1. The van der Waals surface area contributed by atoms with Crippen LogP contribution in [-0.2, 0) is 43.1 Å². The Morgan fingerprint density at radius 3 is 1.98 bits per heavy atom. The van der Waals surface area contributed by atoms with Gasteiger partial charge in [-0.05, 0) is 0 Å². The molecule has 2 aliphatic rings. The van der Waals surface area contributed by atoms with Crippen LogP contribution in [0.4, 0.5) is 0 Å². The average Bonchev–Trinajstić information content (AvgIpc) is 2.95. The van der Waals surface area contributed by atoms with Gasteiger partial charge in [0.15, 0.2) is 12.6 Å². The van der Waals surface area contributed by atoms with E-state index >= 15 is 0 Å². The van der Waals surface area contributed by atoms with Crippen molar-refractivity contribution >= 4 is 22.2 Å². The Labute approximate surface area is 250 Å². The average molecular weight is 669 g/mol. The highest BCUT2D eigenvalue weighted by Crippen LogP contribution is 2.31. The number of aliphatic hydroxyl groups is 9. The van der Waals surface area contributed by atoms with E-state index in [1.165, 1.54) is 0 Å². The van der Waals surface area contributed by atoms with E-state index in [1.54, 1.807) is 0 Å². The summed E-state index contributed by atoms with van der Waals surface area (Å²) in [5, 5.41) is 96.0. The van der Waals surface area contributed by atoms with Gasteiger partial charge in [-0.25, -0.2) is 4.18 Å². The van der Waals surface area contributed by atoms with Gasteiger partial charge in [-0.15, -0.1) is 0 Å². The minimum Gasteiger partial charge on any atom is -0.394 e. The molecule has 2 rings (SSSR count). The molecule has 0 aromatic carbocycles. The maximum atomic E-state index is 12.2. The van der Waals surface area contributed by atoms with E-state index in [4.69, 9.17) is 23.5 Å². The highest BCUT2D eigenvalue weighted by Gasteiger charge is 2.53. The lowest BCUT2D eigenvalue weighted by molar-refractivity contribution is -0.350. The minimum absolute atomic E-state index is 0.745. The lowest BCUT2D eigenvalue weighted by Gasteiger charge is -2.48. The number of rotatable bonds is 15. The van der Waals surface area contributed by atoms with Crippen LogP contribution < -0.4 is 10.6 Å². The molecule has 0 spiro atoms. The van der Waals surface area contributed by atoms with Crippen LogP contribution in [-0.4, -0.2) is 183 Å². The molecule has 0 radical (unpaired) electrons. The number of carbonyl (C=O) groups is 2. The fraction of sp³-hybridized carbons (Fsp3) is 0.909. The molecule has 2 saturated heterocycles.